The zero-order valence-electron chi connectivity index (χ0n) is 12.4. The van der Waals surface area contributed by atoms with Gasteiger partial charge in [0.1, 0.15) is 0 Å². The van der Waals surface area contributed by atoms with Crippen LogP contribution in [0.2, 0.25) is 0 Å². The van der Waals surface area contributed by atoms with E-state index >= 15 is 0 Å². The number of hydrogen-bond acceptors (Lipinski definition) is 1. The number of allylic oxidation sites excluding steroid dienone is 2. The van der Waals surface area contributed by atoms with Gasteiger partial charge in [-0.1, -0.05) is 62.6 Å². The molecule has 1 N–H and O–H groups in total. The van der Waals surface area contributed by atoms with Crippen molar-refractivity contribution in [3.05, 3.63) is 53.1 Å². The van der Waals surface area contributed by atoms with E-state index in [4.69, 9.17) is 5.11 Å². The molecule has 2 nitrogen and oxygen atoms in total. The SMILES string of the molecule is CCCCCCC(=Cc1ccccc1)C=C(C)C(=O)O. The summed E-state index contributed by atoms with van der Waals surface area (Å²) in [6.07, 6.45) is 9.56. The molecule has 0 aliphatic carbocycles. The molecule has 0 aromatic heterocycles. The van der Waals surface area contributed by atoms with Crippen molar-refractivity contribution in [1.29, 1.82) is 0 Å². The Morgan fingerprint density at radius 2 is 1.85 bits per heavy atom. The minimum atomic E-state index is -0.850. The first-order chi connectivity index (χ1) is 9.63. The Kier molecular flexibility index (Phi) is 7.41. The van der Waals surface area contributed by atoms with Crippen LogP contribution in [0.4, 0.5) is 0 Å². The van der Waals surface area contributed by atoms with E-state index < -0.39 is 5.97 Å². The van der Waals surface area contributed by atoms with Gasteiger partial charge in [-0.3, -0.25) is 0 Å². The Labute approximate surface area is 121 Å². The van der Waals surface area contributed by atoms with Crippen molar-refractivity contribution in [2.75, 3.05) is 0 Å². The third-order valence-electron chi connectivity index (χ3n) is 3.21. The Morgan fingerprint density at radius 3 is 2.45 bits per heavy atom. The number of aliphatic carboxylic acids is 1. The topological polar surface area (TPSA) is 37.3 Å². The standard InChI is InChI=1S/C18H24O2/c1-3-4-5-7-12-17(13-15(2)18(19)20)14-16-10-8-6-9-11-16/h6,8-11,13-14H,3-5,7,12H2,1-2H3,(H,19,20). The molecule has 0 aliphatic rings. The van der Waals surface area contributed by atoms with Crippen LogP contribution in [0.3, 0.4) is 0 Å². The molecule has 0 radical (unpaired) electrons. The third kappa shape index (κ3) is 6.37. The van der Waals surface area contributed by atoms with Crippen LogP contribution in [0.5, 0.6) is 0 Å². The number of benzene rings is 1. The number of rotatable bonds is 8. The van der Waals surface area contributed by atoms with Crippen LogP contribution in [0, 0.1) is 0 Å². The summed E-state index contributed by atoms with van der Waals surface area (Å²) in [5.41, 5.74) is 2.60. The molecule has 0 amide bonds. The van der Waals surface area contributed by atoms with Gasteiger partial charge >= 0.3 is 5.97 Å². The highest BCUT2D eigenvalue weighted by molar-refractivity contribution is 5.86. The maximum atomic E-state index is 11.0. The van der Waals surface area contributed by atoms with E-state index in [0.717, 1.165) is 24.0 Å². The van der Waals surface area contributed by atoms with Gasteiger partial charge in [0.2, 0.25) is 0 Å². The van der Waals surface area contributed by atoms with E-state index in [1.807, 2.05) is 30.3 Å². The molecule has 1 aromatic rings. The van der Waals surface area contributed by atoms with Gasteiger partial charge in [-0.15, -0.1) is 0 Å². The van der Waals surface area contributed by atoms with Gasteiger partial charge in [-0.2, -0.15) is 0 Å². The summed E-state index contributed by atoms with van der Waals surface area (Å²) in [4.78, 5) is 11.0. The van der Waals surface area contributed by atoms with Gasteiger partial charge in [-0.25, -0.2) is 4.79 Å². The first kappa shape index (κ1) is 16.2. The van der Waals surface area contributed by atoms with Crippen molar-refractivity contribution in [3.63, 3.8) is 0 Å². The zero-order chi connectivity index (χ0) is 14.8. The monoisotopic (exact) mass is 272 g/mol. The van der Waals surface area contributed by atoms with E-state index in [0.29, 0.717) is 5.57 Å². The average molecular weight is 272 g/mol. The molecule has 0 aliphatic heterocycles. The van der Waals surface area contributed by atoms with Crippen LogP contribution < -0.4 is 0 Å². The van der Waals surface area contributed by atoms with E-state index in [1.165, 1.54) is 19.3 Å². The lowest BCUT2D eigenvalue weighted by Gasteiger charge is -2.04. The molecule has 0 saturated carbocycles. The van der Waals surface area contributed by atoms with Crippen molar-refractivity contribution in [2.24, 2.45) is 0 Å². The van der Waals surface area contributed by atoms with Crippen LogP contribution in [-0.4, -0.2) is 11.1 Å². The van der Waals surface area contributed by atoms with Gasteiger partial charge < -0.3 is 5.11 Å². The molecule has 2 heteroatoms. The third-order valence-corrected chi connectivity index (χ3v) is 3.21. The summed E-state index contributed by atoms with van der Waals surface area (Å²) < 4.78 is 0. The first-order valence-electron chi connectivity index (χ1n) is 7.30. The molecule has 20 heavy (non-hydrogen) atoms. The summed E-state index contributed by atoms with van der Waals surface area (Å²) >= 11 is 0. The second-order valence-electron chi connectivity index (χ2n) is 5.07. The molecule has 108 valence electrons. The molecular formula is C18H24O2. The van der Waals surface area contributed by atoms with Crippen LogP contribution in [0.1, 0.15) is 51.5 Å². The van der Waals surface area contributed by atoms with Crippen LogP contribution in [-0.2, 0) is 4.79 Å². The summed E-state index contributed by atoms with van der Waals surface area (Å²) in [5, 5.41) is 9.01. The van der Waals surface area contributed by atoms with E-state index in [2.05, 4.69) is 13.0 Å². The quantitative estimate of drug-likeness (QED) is 0.407. The second kappa shape index (κ2) is 9.13. The van der Waals surface area contributed by atoms with E-state index in [9.17, 15) is 4.79 Å². The maximum absolute atomic E-state index is 11.0. The normalized spacial score (nSPS) is 12.5. The highest BCUT2D eigenvalue weighted by Gasteiger charge is 2.02. The van der Waals surface area contributed by atoms with Crippen molar-refractivity contribution in [3.8, 4) is 0 Å². The van der Waals surface area contributed by atoms with Crippen molar-refractivity contribution >= 4 is 12.0 Å². The smallest absolute Gasteiger partial charge is 0.331 e. The molecule has 0 bridgehead atoms. The fraction of sp³-hybridized carbons (Fsp3) is 0.389. The largest absolute Gasteiger partial charge is 0.478 e. The number of carboxylic acids is 1. The van der Waals surface area contributed by atoms with Gasteiger partial charge in [0, 0.05) is 5.57 Å². The fourth-order valence-corrected chi connectivity index (χ4v) is 2.05. The Balaban J connectivity index is 2.81. The van der Waals surface area contributed by atoms with Gasteiger partial charge in [0.25, 0.3) is 0 Å². The summed E-state index contributed by atoms with van der Waals surface area (Å²) in [5.74, 6) is -0.850. The number of carboxylic acid groups (broad SMARTS) is 1. The lowest BCUT2D eigenvalue weighted by atomic mass is 10.0. The van der Waals surface area contributed by atoms with Crippen molar-refractivity contribution in [1.82, 2.24) is 0 Å². The minimum Gasteiger partial charge on any atom is -0.478 e. The molecule has 0 atom stereocenters. The summed E-state index contributed by atoms with van der Waals surface area (Å²) in [6.45, 7) is 3.84. The Bertz CT molecular complexity index is 469. The Morgan fingerprint density at radius 1 is 1.15 bits per heavy atom. The number of carbonyl (C=O) groups is 1. The van der Waals surface area contributed by atoms with Gasteiger partial charge in [0.15, 0.2) is 0 Å². The molecule has 0 unspecified atom stereocenters. The highest BCUT2D eigenvalue weighted by Crippen LogP contribution is 2.17. The average Bonchev–Trinajstić information content (AvgIpc) is 2.44. The summed E-state index contributed by atoms with van der Waals surface area (Å²) in [7, 11) is 0. The van der Waals surface area contributed by atoms with Gasteiger partial charge in [0.05, 0.1) is 0 Å². The fourth-order valence-electron chi connectivity index (χ4n) is 2.05. The van der Waals surface area contributed by atoms with Gasteiger partial charge in [-0.05, 0) is 37.0 Å². The van der Waals surface area contributed by atoms with E-state index in [1.54, 1.807) is 13.0 Å². The minimum absolute atomic E-state index is 0.391. The lowest BCUT2D eigenvalue weighted by Crippen LogP contribution is -1.97. The molecule has 0 saturated heterocycles. The predicted octanol–water partition coefficient (Wildman–Crippen LogP) is 5.07. The molecule has 1 rings (SSSR count). The number of unbranched alkanes of at least 4 members (excludes halogenated alkanes) is 3. The first-order valence-corrected chi connectivity index (χ1v) is 7.30. The van der Waals surface area contributed by atoms with Crippen molar-refractivity contribution in [2.45, 2.75) is 46.0 Å². The Hall–Kier alpha value is -1.83. The highest BCUT2D eigenvalue weighted by atomic mass is 16.4. The molecule has 1 aromatic carbocycles. The van der Waals surface area contributed by atoms with Crippen LogP contribution >= 0.6 is 0 Å². The second-order valence-corrected chi connectivity index (χ2v) is 5.07. The predicted molar refractivity (Wildman–Crippen MR) is 84.6 cm³/mol. The van der Waals surface area contributed by atoms with Crippen LogP contribution in [0.25, 0.3) is 6.08 Å². The lowest BCUT2D eigenvalue weighted by molar-refractivity contribution is -0.132. The summed E-state index contributed by atoms with van der Waals surface area (Å²) in [6, 6.07) is 10.0. The van der Waals surface area contributed by atoms with Crippen molar-refractivity contribution < 1.29 is 9.90 Å². The van der Waals surface area contributed by atoms with Crippen LogP contribution in [0.15, 0.2) is 47.6 Å². The number of hydrogen-bond donors (Lipinski definition) is 1. The zero-order valence-corrected chi connectivity index (χ0v) is 12.4. The van der Waals surface area contributed by atoms with E-state index in [-0.39, 0.29) is 0 Å². The molecular weight excluding hydrogens is 248 g/mol. The molecule has 0 heterocycles. The molecule has 0 spiro atoms. The maximum Gasteiger partial charge on any atom is 0.331 e. The molecule has 0 fully saturated rings.